The van der Waals surface area contributed by atoms with Crippen LogP contribution in [0.2, 0.25) is 0 Å². The second kappa shape index (κ2) is 5.17. The topological polar surface area (TPSA) is 68.0 Å². The van der Waals surface area contributed by atoms with Crippen molar-refractivity contribution in [3.05, 3.63) is 22.2 Å². The van der Waals surface area contributed by atoms with Gasteiger partial charge in [0.15, 0.2) is 0 Å². The minimum atomic E-state index is -0.105. The molecule has 0 saturated carbocycles. The molecule has 0 aliphatic heterocycles. The number of aromatic nitrogens is 1. The van der Waals surface area contributed by atoms with Crippen LogP contribution in [0.5, 0.6) is 0 Å². The molecule has 0 saturated heterocycles. The van der Waals surface area contributed by atoms with E-state index in [1.165, 1.54) is 11.3 Å². The zero-order valence-corrected chi connectivity index (χ0v) is 12.5. The second-order valence-corrected chi connectivity index (χ2v) is 5.89. The highest BCUT2D eigenvalue weighted by Gasteiger charge is 2.19. The number of hydrogen-bond donors (Lipinski definition) is 2. The summed E-state index contributed by atoms with van der Waals surface area (Å²) in [6.07, 6.45) is 0.896. The first kappa shape index (κ1) is 13.8. The van der Waals surface area contributed by atoms with Gasteiger partial charge in [0, 0.05) is 17.1 Å². The van der Waals surface area contributed by atoms with Crippen molar-refractivity contribution in [3.8, 4) is 0 Å². The Balaban J connectivity index is 2.48. The summed E-state index contributed by atoms with van der Waals surface area (Å²) in [5.41, 5.74) is 8.68. The Bertz CT molecular complexity index is 633. The minimum Gasteiger partial charge on any atom is -0.397 e. The number of aryl methyl sites for hydroxylation is 2. The van der Waals surface area contributed by atoms with Crippen molar-refractivity contribution in [2.75, 3.05) is 5.73 Å². The van der Waals surface area contributed by atoms with Crippen molar-refractivity contribution in [2.45, 2.75) is 40.2 Å². The van der Waals surface area contributed by atoms with Crippen LogP contribution in [0.3, 0.4) is 0 Å². The molecule has 1 atom stereocenters. The maximum atomic E-state index is 12.2. The monoisotopic (exact) mass is 277 g/mol. The average molecular weight is 277 g/mol. The molecule has 102 valence electrons. The molecule has 0 radical (unpaired) electrons. The van der Waals surface area contributed by atoms with E-state index in [-0.39, 0.29) is 11.9 Å². The largest absolute Gasteiger partial charge is 0.397 e. The van der Waals surface area contributed by atoms with Gasteiger partial charge in [-0.25, -0.2) is 4.98 Å². The number of nitrogens with two attached hydrogens (primary N) is 1. The zero-order chi connectivity index (χ0) is 14.2. The summed E-state index contributed by atoms with van der Waals surface area (Å²) in [6.45, 7) is 7.96. The molecule has 2 aromatic rings. The number of nitrogens with zero attached hydrogens (tertiary/aromatic N) is 1. The van der Waals surface area contributed by atoms with Crippen molar-refractivity contribution in [2.24, 2.45) is 0 Å². The molecule has 0 aliphatic carbocycles. The van der Waals surface area contributed by atoms with Crippen LogP contribution in [-0.4, -0.2) is 16.9 Å². The number of carbonyl (C=O) groups is 1. The van der Waals surface area contributed by atoms with E-state index in [1.54, 1.807) is 0 Å². The van der Waals surface area contributed by atoms with Gasteiger partial charge in [0.1, 0.15) is 9.71 Å². The fraction of sp³-hybridized carbons (Fsp3) is 0.429. The lowest BCUT2D eigenvalue weighted by Crippen LogP contribution is -2.31. The number of amides is 1. The van der Waals surface area contributed by atoms with Crippen molar-refractivity contribution in [3.63, 3.8) is 0 Å². The predicted molar refractivity (Wildman–Crippen MR) is 80.7 cm³/mol. The Kier molecular flexibility index (Phi) is 3.75. The van der Waals surface area contributed by atoms with Crippen LogP contribution in [0.1, 0.15) is 41.2 Å². The number of nitrogen functional groups attached to an aromatic ring is 1. The van der Waals surface area contributed by atoms with Crippen LogP contribution >= 0.6 is 11.3 Å². The quantitative estimate of drug-likeness (QED) is 0.906. The van der Waals surface area contributed by atoms with Gasteiger partial charge in [0.05, 0.1) is 5.69 Å². The van der Waals surface area contributed by atoms with E-state index >= 15 is 0 Å². The van der Waals surface area contributed by atoms with Crippen LogP contribution < -0.4 is 11.1 Å². The summed E-state index contributed by atoms with van der Waals surface area (Å²) in [6, 6.07) is 2.13. The van der Waals surface area contributed by atoms with Crippen molar-refractivity contribution >= 4 is 33.1 Å². The van der Waals surface area contributed by atoms with E-state index < -0.39 is 0 Å². The standard InChI is InChI=1S/C14H19N3OS/c1-5-8(3)16-13(18)12-11(15)10-7(2)6-9(4)17-14(10)19-12/h6,8H,5,15H2,1-4H3,(H,16,18). The highest BCUT2D eigenvalue weighted by atomic mass is 32.1. The molecule has 0 bridgehead atoms. The summed E-state index contributed by atoms with van der Waals surface area (Å²) in [5.74, 6) is -0.105. The molecule has 3 N–H and O–H groups in total. The molecule has 2 rings (SSSR count). The van der Waals surface area contributed by atoms with Gasteiger partial charge in [-0.05, 0) is 38.8 Å². The smallest absolute Gasteiger partial charge is 0.263 e. The second-order valence-electron chi connectivity index (χ2n) is 4.89. The molecule has 0 fully saturated rings. The normalized spacial score (nSPS) is 12.6. The molecule has 4 nitrogen and oxygen atoms in total. The number of hydrogen-bond acceptors (Lipinski definition) is 4. The lowest BCUT2D eigenvalue weighted by atomic mass is 10.1. The van der Waals surface area contributed by atoms with Crippen LogP contribution in [0.15, 0.2) is 6.07 Å². The van der Waals surface area contributed by atoms with Gasteiger partial charge in [-0.1, -0.05) is 6.92 Å². The molecule has 1 unspecified atom stereocenters. The first-order valence-corrected chi connectivity index (χ1v) is 7.22. The number of rotatable bonds is 3. The van der Waals surface area contributed by atoms with E-state index in [9.17, 15) is 4.79 Å². The first-order valence-electron chi connectivity index (χ1n) is 6.41. The van der Waals surface area contributed by atoms with Gasteiger partial charge in [-0.15, -0.1) is 11.3 Å². The molecule has 2 heterocycles. The summed E-state index contributed by atoms with van der Waals surface area (Å²) in [5, 5.41) is 3.85. The van der Waals surface area contributed by atoms with E-state index in [2.05, 4.69) is 10.3 Å². The zero-order valence-electron chi connectivity index (χ0n) is 11.7. The van der Waals surface area contributed by atoms with Crippen LogP contribution in [-0.2, 0) is 0 Å². The molecule has 5 heteroatoms. The Morgan fingerprint density at radius 3 is 2.84 bits per heavy atom. The predicted octanol–water partition coefficient (Wildman–Crippen LogP) is 3.02. The highest BCUT2D eigenvalue weighted by Crippen LogP contribution is 2.34. The fourth-order valence-corrected chi connectivity index (χ4v) is 3.15. The number of nitrogens with one attached hydrogen (secondary N) is 1. The van der Waals surface area contributed by atoms with E-state index in [1.807, 2.05) is 33.8 Å². The minimum absolute atomic E-state index is 0.105. The molecule has 2 aromatic heterocycles. The van der Waals surface area contributed by atoms with Gasteiger partial charge >= 0.3 is 0 Å². The molecule has 19 heavy (non-hydrogen) atoms. The summed E-state index contributed by atoms with van der Waals surface area (Å²) in [7, 11) is 0. The SMILES string of the molecule is CCC(C)NC(=O)c1sc2nc(C)cc(C)c2c1N. The van der Waals surface area contributed by atoms with E-state index in [4.69, 9.17) is 5.73 Å². The molecule has 1 amide bonds. The molecule has 0 spiro atoms. The third-order valence-corrected chi connectivity index (χ3v) is 4.32. The van der Waals surface area contributed by atoms with Crippen LogP contribution in [0.25, 0.3) is 10.2 Å². The fourth-order valence-electron chi connectivity index (χ4n) is 2.03. The average Bonchev–Trinajstić information content (AvgIpc) is 2.66. The third kappa shape index (κ3) is 2.56. The van der Waals surface area contributed by atoms with Crippen molar-refractivity contribution in [1.82, 2.24) is 10.3 Å². The lowest BCUT2D eigenvalue weighted by Gasteiger charge is -2.10. The summed E-state index contributed by atoms with van der Waals surface area (Å²) < 4.78 is 0. The third-order valence-electron chi connectivity index (χ3n) is 3.22. The number of carbonyl (C=O) groups excluding carboxylic acids is 1. The maximum absolute atomic E-state index is 12.2. The number of anilines is 1. The maximum Gasteiger partial charge on any atom is 0.263 e. The Labute approximate surface area is 117 Å². The molecule has 0 aromatic carbocycles. The van der Waals surface area contributed by atoms with Crippen LogP contribution in [0, 0.1) is 13.8 Å². The Morgan fingerprint density at radius 2 is 2.21 bits per heavy atom. The van der Waals surface area contributed by atoms with E-state index in [0.717, 1.165) is 27.9 Å². The Morgan fingerprint density at radius 1 is 1.53 bits per heavy atom. The number of thiophene rings is 1. The molecular formula is C14H19N3OS. The van der Waals surface area contributed by atoms with E-state index in [0.29, 0.717) is 10.6 Å². The van der Waals surface area contributed by atoms with Gasteiger partial charge < -0.3 is 11.1 Å². The van der Waals surface area contributed by atoms with Crippen LogP contribution in [0.4, 0.5) is 5.69 Å². The summed E-state index contributed by atoms with van der Waals surface area (Å²) >= 11 is 1.36. The van der Waals surface area contributed by atoms with Crippen molar-refractivity contribution in [1.29, 1.82) is 0 Å². The molecule has 0 aliphatic rings. The van der Waals surface area contributed by atoms with Gasteiger partial charge in [0.2, 0.25) is 0 Å². The van der Waals surface area contributed by atoms with Crippen molar-refractivity contribution < 1.29 is 4.79 Å². The van der Waals surface area contributed by atoms with Gasteiger partial charge in [0.25, 0.3) is 5.91 Å². The number of fused-ring (bicyclic) bond motifs is 1. The summed E-state index contributed by atoms with van der Waals surface area (Å²) in [4.78, 5) is 18.1. The molecular weight excluding hydrogens is 258 g/mol. The Hall–Kier alpha value is -1.62. The van der Waals surface area contributed by atoms with Gasteiger partial charge in [-0.3, -0.25) is 4.79 Å². The highest BCUT2D eigenvalue weighted by molar-refractivity contribution is 7.21. The first-order chi connectivity index (χ1) is 8.93. The lowest BCUT2D eigenvalue weighted by molar-refractivity contribution is 0.0944. The number of pyridine rings is 1. The van der Waals surface area contributed by atoms with Gasteiger partial charge in [-0.2, -0.15) is 0 Å².